The fraction of sp³-hybridized carbons (Fsp3) is 0.0588. The topological polar surface area (TPSA) is 94.4 Å². The first-order valence-electron chi connectivity index (χ1n) is 7.37. The first-order valence-corrected chi connectivity index (χ1v) is 8.18. The van der Waals surface area contributed by atoms with Gasteiger partial charge in [-0.2, -0.15) is 0 Å². The van der Waals surface area contributed by atoms with Crippen LogP contribution in [0.3, 0.4) is 0 Å². The lowest BCUT2D eigenvalue weighted by molar-refractivity contribution is -0.380. The highest BCUT2D eigenvalue weighted by Gasteiger charge is 2.47. The molecule has 0 saturated carbocycles. The number of hydrogen-bond donors (Lipinski definition) is 1. The normalized spacial score (nSPS) is 18.5. The molecule has 3 aromatic rings. The summed E-state index contributed by atoms with van der Waals surface area (Å²) in [5.74, 6) is -0.460. The van der Waals surface area contributed by atoms with Crippen molar-refractivity contribution in [2.24, 2.45) is 0 Å². The number of ether oxygens (including phenoxy) is 1. The molecule has 0 aliphatic carbocycles. The Balaban J connectivity index is 1.86. The molecule has 1 aromatic heterocycles. The smallest absolute Gasteiger partial charge is 0.345 e. The van der Waals surface area contributed by atoms with Crippen LogP contribution in [0, 0.1) is 10.1 Å². The molecule has 124 valence electrons. The number of nitrogens with one attached hydrogen (secondary N) is 1. The molecule has 0 saturated heterocycles. The van der Waals surface area contributed by atoms with Gasteiger partial charge in [0.1, 0.15) is 6.20 Å². The van der Waals surface area contributed by atoms with E-state index in [1.165, 1.54) is 6.20 Å². The Kier molecular flexibility index (Phi) is 3.47. The van der Waals surface area contributed by atoms with Crippen LogP contribution >= 0.6 is 11.3 Å². The van der Waals surface area contributed by atoms with Crippen molar-refractivity contribution in [1.82, 2.24) is 4.98 Å². The summed E-state index contributed by atoms with van der Waals surface area (Å²) in [5, 5.41) is 14.2. The van der Waals surface area contributed by atoms with Crippen LogP contribution in [0.4, 0.5) is 10.1 Å². The Morgan fingerprint density at radius 3 is 2.56 bits per heavy atom. The van der Waals surface area contributed by atoms with Crippen LogP contribution in [0.15, 0.2) is 60.8 Å². The summed E-state index contributed by atoms with van der Waals surface area (Å²) in [6, 6.07) is 16.2. The fourth-order valence-electron chi connectivity index (χ4n) is 2.83. The summed E-state index contributed by atoms with van der Waals surface area (Å²) >= 11 is 0.884. The van der Waals surface area contributed by atoms with Crippen LogP contribution in [0.2, 0.25) is 0 Å². The molecular formula is C17H11N3O4S. The zero-order valence-corrected chi connectivity index (χ0v) is 13.5. The molecular weight excluding hydrogens is 342 g/mol. The quantitative estimate of drug-likeness (QED) is 0.438. The van der Waals surface area contributed by atoms with Crippen molar-refractivity contribution in [2.75, 3.05) is 5.32 Å². The number of nitro groups is 1. The third-order valence-electron chi connectivity index (χ3n) is 3.91. The van der Waals surface area contributed by atoms with E-state index < -0.39 is 16.6 Å². The molecule has 0 radical (unpaired) electrons. The van der Waals surface area contributed by atoms with Crippen molar-refractivity contribution in [3.63, 3.8) is 0 Å². The van der Waals surface area contributed by atoms with Crippen molar-refractivity contribution in [3.8, 4) is 0 Å². The molecule has 2 aromatic carbocycles. The Hall–Kier alpha value is -3.26. The number of benzene rings is 2. The predicted octanol–water partition coefficient (Wildman–Crippen LogP) is 3.53. The van der Waals surface area contributed by atoms with Gasteiger partial charge in [0.15, 0.2) is 5.13 Å². The molecule has 1 N–H and O–H groups in total. The number of thiazole rings is 1. The minimum Gasteiger partial charge on any atom is -0.427 e. The zero-order valence-electron chi connectivity index (χ0n) is 12.7. The molecule has 0 spiro atoms. The molecule has 25 heavy (non-hydrogen) atoms. The number of rotatable bonds is 4. The standard InChI is InChI=1S/C17H11N3O4S/c21-15-12-8-4-5-9-13(12)17(24-15,11-6-2-1-3-7-11)19-16-18-10-14(25-16)20(22)23/h1-10H,(H,18,19). The monoisotopic (exact) mass is 353 g/mol. The molecule has 4 rings (SSSR count). The van der Waals surface area contributed by atoms with Crippen LogP contribution in [0.25, 0.3) is 0 Å². The largest absolute Gasteiger partial charge is 0.427 e. The molecule has 0 bridgehead atoms. The highest BCUT2D eigenvalue weighted by atomic mass is 32.1. The lowest BCUT2D eigenvalue weighted by atomic mass is 9.93. The van der Waals surface area contributed by atoms with Gasteiger partial charge < -0.3 is 10.1 Å². The van der Waals surface area contributed by atoms with Crippen molar-refractivity contribution < 1.29 is 14.5 Å². The number of carbonyl (C=O) groups excluding carboxylic acids is 1. The summed E-state index contributed by atoms with van der Waals surface area (Å²) in [4.78, 5) is 26.8. The highest BCUT2D eigenvalue weighted by Crippen LogP contribution is 2.43. The second-order valence-electron chi connectivity index (χ2n) is 5.37. The van der Waals surface area contributed by atoms with E-state index in [2.05, 4.69) is 10.3 Å². The first kappa shape index (κ1) is 15.3. The zero-order chi connectivity index (χ0) is 17.4. The van der Waals surface area contributed by atoms with Crippen LogP contribution < -0.4 is 5.32 Å². The first-order chi connectivity index (χ1) is 12.1. The molecule has 0 fully saturated rings. The molecule has 1 aliphatic rings. The van der Waals surface area contributed by atoms with Crippen molar-refractivity contribution in [3.05, 3.63) is 87.6 Å². The summed E-state index contributed by atoms with van der Waals surface area (Å²) in [6.07, 6.45) is 1.17. The van der Waals surface area contributed by atoms with Crippen LogP contribution in [-0.2, 0) is 10.5 Å². The number of aromatic nitrogens is 1. The lowest BCUT2D eigenvalue weighted by Gasteiger charge is -2.30. The summed E-state index contributed by atoms with van der Waals surface area (Å²) in [5.41, 5.74) is 0.515. The Morgan fingerprint density at radius 2 is 1.84 bits per heavy atom. The van der Waals surface area contributed by atoms with E-state index >= 15 is 0 Å². The van der Waals surface area contributed by atoms with Crippen LogP contribution in [-0.4, -0.2) is 15.9 Å². The predicted molar refractivity (Wildman–Crippen MR) is 91.5 cm³/mol. The van der Waals surface area contributed by atoms with Crippen molar-refractivity contribution in [1.29, 1.82) is 0 Å². The Morgan fingerprint density at radius 1 is 1.12 bits per heavy atom. The van der Waals surface area contributed by atoms with E-state index in [1.54, 1.807) is 18.2 Å². The van der Waals surface area contributed by atoms with E-state index in [0.717, 1.165) is 11.3 Å². The maximum Gasteiger partial charge on any atom is 0.345 e. The average Bonchev–Trinajstić information content (AvgIpc) is 3.21. The average molecular weight is 353 g/mol. The summed E-state index contributed by atoms with van der Waals surface area (Å²) in [7, 11) is 0. The van der Waals surface area contributed by atoms with Gasteiger partial charge in [0.25, 0.3) is 0 Å². The molecule has 1 unspecified atom stereocenters. The van der Waals surface area contributed by atoms with Gasteiger partial charge >= 0.3 is 11.0 Å². The summed E-state index contributed by atoms with van der Waals surface area (Å²) in [6.45, 7) is 0. The molecule has 7 nitrogen and oxygen atoms in total. The number of esters is 1. The van der Waals surface area contributed by atoms with Gasteiger partial charge in [-0.3, -0.25) is 10.1 Å². The Bertz CT molecular complexity index is 973. The van der Waals surface area contributed by atoms with E-state index in [9.17, 15) is 14.9 Å². The number of anilines is 1. The van der Waals surface area contributed by atoms with Crippen LogP contribution in [0.5, 0.6) is 0 Å². The number of hydrogen-bond acceptors (Lipinski definition) is 7. The SMILES string of the molecule is O=C1OC(Nc2ncc([N+](=O)[O-])s2)(c2ccccc2)c2ccccc21. The Labute approximate surface area is 146 Å². The molecule has 2 heterocycles. The third kappa shape index (κ3) is 2.43. The third-order valence-corrected chi connectivity index (χ3v) is 4.77. The van der Waals surface area contributed by atoms with Gasteiger partial charge in [-0.05, 0) is 17.4 Å². The second-order valence-corrected chi connectivity index (χ2v) is 6.38. The number of carbonyl (C=O) groups is 1. The van der Waals surface area contributed by atoms with Gasteiger partial charge in [0.2, 0.25) is 5.72 Å². The minimum atomic E-state index is -1.28. The highest BCUT2D eigenvalue weighted by molar-refractivity contribution is 7.18. The van der Waals surface area contributed by atoms with Gasteiger partial charge in [0.05, 0.1) is 10.5 Å². The lowest BCUT2D eigenvalue weighted by Crippen LogP contribution is -2.36. The molecule has 8 heteroatoms. The maximum absolute atomic E-state index is 12.4. The van der Waals surface area contributed by atoms with Crippen molar-refractivity contribution in [2.45, 2.75) is 5.72 Å². The van der Waals surface area contributed by atoms with E-state index in [-0.39, 0.29) is 5.00 Å². The molecule has 0 amide bonds. The van der Waals surface area contributed by atoms with Crippen molar-refractivity contribution >= 4 is 27.4 Å². The van der Waals surface area contributed by atoms with E-state index in [4.69, 9.17) is 4.74 Å². The maximum atomic E-state index is 12.4. The second kappa shape index (κ2) is 5.67. The van der Waals surface area contributed by atoms with Gasteiger partial charge in [-0.25, -0.2) is 9.78 Å². The van der Waals surface area contributed by atoms with Crippen LogP contribution in [0.1, 0.15) is 21.5 Å². The molecule has 1 atom stereocenters. The van der Waals surface area contributed by atoms with Gasteiger partial charge in [-0.15, -0.1) is 0 Å². The number of cyclic esters (lactones) is 1. The number of fused-ring (bicyclic) bond motifs is 1. The minimum absolute atomic E-state index is 0.0941. The fourth-order valence-corrected chi connectivity index (χ4v) is 3.51. The van der Waals surface area contributed by atoms with E-state index in [1.807, 2.05) is 36.4 Å². The van der Waals surface area contributed by atoms with E-state index in [0.29, 0.717) is 21.8 Å². The number of nitrogens with zero attached hydrogens (tertiary/aromatic N) is 2. The summed E-state index contributed by atoms with van der Waals surface area (Å²) < 4.78 is 5.73. The van der Waals surface area contributed by atoms with Gasteiger partial charge in [-0.1, -0.05) is 48.5 Å². The molecule has 1 aliphatic heterocycles. The van der Waals surface area contributed by atoms with Gasteiger partial charge in [0, 0.05) is 11.1 Å².